The first-order valence-corrected chi connectivity index (χ1v) is 10.8. The number of carbonyl (C=O) groups is 1. The van der Waals surface area contributed by atoms with Gasteiger partial charge in [-0.25, -0.2) is 8.42 Å². The molecule has 0 aromatic heterocycles. The fourth-order valence-electron chi connectivity index (χ4n) is 3.02. The first-order valence-electron chi connectivity index (χ1n) is 9.40. The van der Waals surface area contributed by atoms with Gasteiger partial charge in [0.2, 0.25) is 0 Å². The average molecular weight is 409 g/mol. The number of nitrogens with zero attached hydrogens (tertiary/aromatic N) is 2. The predicted molar refractivity (Wildman–Crippen MR) is 115 cm³/mol. The highest BCUT2D eigenvalue weighted by Crippen LogP contribution is 2.22. The highest BCUT2D eigenvalue weighted by atomic mass is 32.2. The van der Waals surface area contributed by atoms with Gasteiger partial charge in [0.25, 0.3) is 15.9 Å². The van der Waals surface area contributed by atoms with Gasteiger partial charge in [-0.3, -0.25) is 9.10 Å². The summed E-state index contributed by atoms with van der Waals surface area (Å²) in [4.78, 5) is 14.7. The molecule has 0 aliphatic carbocycles. The summed E-state index contributed by atoms with van der Waals surface area (Å²) in [6.45, 7) is 2.99. The molecule has 0 spiro atoms. The van der Waals surface area contributed by atoms with Gasteiger partial charge in [-0.2, -0.15) is 0 Å². The average Bonchev–Trinajstić information content (AvgIpc) is 2.78. The van der Waals surface area contributed by atoms with Crippen molar-refractivity contribution in [3.63, 3.8) is 0 Å². The standard InChI is InChI=1S/C23H24N2O3S/c1-3-25(18-19-10-6-4-7-11-19)23(26)20-14-16-22(17-15-20)29(27,28)24(2)21-12-8-5-9-13-21/h4-17H,3,18H2,1-2H3. The van der Waals surface area contributed by atoms with E-state index in [4.69, 9.17) is 0 Å². The van der Waals surface area contributed by atoms with Gasteiger partial charge in [0.15, 0.2) is 0 Å². The third kappa shape index (κ3) is 4.66. The predicted octanol–water partition coefficient (Wildman–Crippen LogP) is 4.17. The smallest absolute Gasteiger partial charge is 0.264 e. The fourth-order valence-corrected chi connectivity index (χ4v) is 4.21. The number of benzene rings is 3. The number of sulfonamides is 1. The number of hydrogen-bond acceptors (Lipinski definition) is 3. The lowest BCUT2D eigenvalue weighted by Crippen LogP contribution is -2.30. The van der Waals surface area contributed by atoms with Crippen LogP contribution in [0.25, 0.3) is 0 Å². The van der Waals surface area contributed by atoms with Gasteiger partial charge in [0.05, 0.1) is 10.6 Å². The molecule has 150 valence electrons. The van der Waals surface area contributed by atoms with Crippen LogP contribution in [0.5, 0.6) is 0 Å². The second kappa shape index (κ2) is 8.92. The summed E-state index contributed by atoms with van der Waals surface area (Å²) < 4.78 is 27.0. The lowest BCUT2D eigenvalue weighted by Gasteiger charge is -2.22. The SMILES string of the molecule is CCN(Cc1ccccc1)C(=O)c1ccc(S(=O)(=O)N(C)c2ccccc2)cc1. The zero-order valence-corrected chi connectivity index (χ0v) is 17.3. The lowest BCUT2D eigenvalue weighted by atomic mass is 10.1. The Kier molecular flexibility index (Phi) is 6.34. The van der Waals surface area contributed by atoms with Crippen LogP contribution in [-0.4, -0.2) is 32.8 Å². The van der Waals surface area contributed by atoms with Crippen molar-refractivity contribution in [1.82, 2.24) is 4.90 Å². The molecule has 0 unspecified atom stereocenters. The number of para-hydroxylation sites is 1. The van der Waals surface area contributed by atoms with Crippen LogP contribution in [0.1, 0.15) is 22.8 Å². The Morgan fingerprint density at radius 1 is 0.828 bits per heavy atom. The molecule has 1 amide bonds. The van der Waals surface area contributed by atoms with Crippen molar-refractivity contribution in [2.45, 2.75) is 18.4 Å². The number of anilines is 1. The molecular formula is C23H24N2O3S. The van der Waals surface area contributed by atoms with Crippen molar-refractivity contribution >= 4 is 21.6 Å². The van der Waals surface area contributed by atoms with Crippen molar-refractivity contribution in [2.24, 2.45) is 0 Å². The van der Waals surface area contributed by atoms with E-state index in [2.05, 4.69) is 0 Å². The minimum atomic E-state index is -3.70. The van der Waals surface area contributed by atoms with Gasteiger partial charge in [-0.05, 0) is 48.9 Å². The quantitative estimate of drug-likeness (QED) is 0.589. The van der Waals surface area contributed by atoms with Crippen LogP contribution in [0.3, 0.4) is 0 Å². The normalized spacial score (nSPS) is 11.1. The number of carbonyl (C=O) groups excluding carboxylic acids is 1. The van der Waals surface area contributed by atoms with Crippen LogP contribution in [0, 0.1) is 0 Å². The summed E-state index contributed by atoms with van der Waals surface area (Å²) in [5, 5.41) is 0. The molecule has 3 aromatic carbocycles. The van der Waals surface area contributed by atoms with Crippen molar-refractivity contribution in [1.29, 1.82) is 0 Å². The number of rotatable bonds is 7. The Hall–Kier alpha value is -3.12. The number of hydrogen-bond donors (Lipinski definition) is 0. The van der Waals surface area contributed by atoms with E-state index in [1.165, 1.54) is 23.5 Å². The highest BCUT2D eigenvalue weighted by molar-refractivity contribution is 7.92. The molecule has 3 rings (SSSR count). The minimum Gasteiger partial charge on any atom is -0.335 e. The van der Waals surface area contributed by atoms with Crippen LogP contribution in [0.15, 0.2) is 89.8 Å². The molecule has 29 heavy (non-hydrogen) atoms. The molecular weight excluding hydrogens is 384 g/mol. The van der Waals surface area contributed by atoms with Gasteiger partial charge in [0.1, 0.15) is 0 Å². The van der Waals surface area contributed by atoms with E-state index in [9.17, 15) is 13.2 Å². The molecule has 0 saturated heterocycles. The van der Waals surface area contributed by atoms with Crippen LogP contribution < -0.4 is 4.31 Å². The second-order valence-electron chi connectivity index (χ2n) is 6.64. The maximum atomic E-state index is 12.9. The maximum Gasteiger partial charge on any atom is 0.264 e. The summed E-state index contributed by atoms with van der Waals surface area (Å²) in [5.41, 5.74) is 2.09. The second-order valence-corrected chi connectivity index (χ2v) is 8.61. The monoisotopic (exact) mass is 408 g/mol. The Labute approximate surface area is 172 Å². The third-order valence-corrected chi connectivity index (χ3v) is 6.56. The van der Waals surface area contributed by atoms with E-state index in [1.807, 2.05) is 43.3 Å². The minimum absolute atomic E-state index is 0.128. The highest BCUT2D eigenvalue weighted by Gasteiger charge is 2.22. The molecule has 6 heteroatoms. The van der Waals surface area contributed by atoms with Gasteiger partial charge in [0, 0.05) is 25.7 Å². The molecule has 3 aromatic rings. The third-order valence-electron chi connectivity index (χ3n) is 4.76. The molecule has 0 aliphatic rings. The molecule has 0 fully saturated rings. The van der Waals surface area contributed by atoms with E-state index >= 15 is 0 Å². The topological polar surface area (TPSA) is 57.7 Å². The van der Waals surface area contributed by atoms with Gasteiger partial charge >= 0.3 is 0 Å². The molecule has 0 bridgehead atoms. The Morgan fingerprint density at radius 2 is 1.38 bits per heavy atom. The molecule has 0 atom stereocenters. The van der Waals surface area contributed by atoms with Gasteiger partial charge in [-0.15, -0.1) is 0 Å². The van der Waals surface area contributed by atoms with Crippen molar-refractivity contribution in [3.05, 3.63) is 96.1 Å². The van der Waals surface area contributed by atoms with Crippen LogP contribution >= 0.6 is 0 Å². The van der Waals surface area contributed by atoms with E-state index in [1.54, 1.807) is 41.3 Å². The van der Waals surface area contributed by atoms with Crippen LogP contribution in [0.4, 0.5) is 5.69 Å². The molecule has 0 heterocycles. The summed E-state index contributed by atoms with van der Waals surface area (Å²) in [6.07, 6.45) is 0. The van der Waals surface area contributed by atoms with Crippen LogP contribution in [0.2, 0.25) is 0 Å². The summed E-state index contributed by atoms with van der Waals surface area (Å²) >= 11 is 0. The first-order chi connectivity index (χ1) is 13.9. The Morgan fingerprint density at radius 3 is 1.93 bits per heavy atom. The van der Waals surface area contributed by atoms with E-state index in [-0.39, 0.29) is 10.8 Å². The zero-order valence-electron chi connectivity index (χ0n) is 16.5. The Balaban J connectivity index is 1.79. The molecule has 5 nitrogen and oxygen atoms in total. The van der Waals surface area contributed by atoms with Gasteiger partial charge < -0.3 is 4.90 Å². The van der Waals surface area contributed by atoms with Crippen LogP contribution in [-0.2, 0) is 16.6 Å². The summed E-state index contributed by atoms with van der Waals surface area (Å²) in [7, 11) is -2.18. The maximum absolute atomic E-state index is 12.9. The fraction of sp³-hybridized carbons (Fsp3) is 0.174. The molecule has 0 saturated carbocycles. The van der Waals surface area contributed by atoms with Crippen molar-refractivity contribution in [3.8, 4) is 0 Å². The van der Waals surface area contributed by atoms with Gasteiger partial charge in [-0.1, -0.05) is 48.5 Å². The lowest BCUT2D eigenvalue weighted by molar-refractivity contribution is 0.0752. The molecule has 0 aliphatic heterocycles. The number of amides is 1. The summed E-state index contributed by atoms with van der Waals surface area (Å²) in [5.74, 6) is -0.128. The van der Waals surface area contributed by atoms with E-state index < -0.39 is 10.0 Å². The van der Waals surface area contributed by atoms with Crippen molar-refractivity contribution in [2.75, 3.05) is 17.9 Å². The molecule has 0 radical (unpaired) electrons. The van der Waals surface area contributed by atoms with E-state index in [0.717, 1.165) is 5.56 Å². The molecule has 0 N–H and O–H groups in total. The Bertz CT molecular complexity index is 1050. The zero-order chi connectivity index (χ0) is 20.9. The summed E-state index contributed by atoms with van der Waals surface area (Å²) in [6, 6.07) is 24.8. The largest absolute Gasteiger partial charge is 0.335 e. The van der Waals surface area contributed by atoms with Crippen molar-refractivity contribution < 1.29 is 13.2 Å². The first kappa shape index (κ1) is 20.6. The van der Waals surface area contributed by atoms with E-state index in [0.29, 0.717) is 24.3 Å².